The van der Waals surface area contributed by atoms with E-state index in [1.165, 1.54) is 0 Å². The fraction of sp³-hybridized carbons (Fsp3) is 0.714. The highest BCUT2D eigenvalue weighted by Gasteiger charge is 2.25. The molecule has 0 fully saturated rings. The van der Waals surface area contributed by atoms with Crippen molar-refractivity contribution in [2.45, 2.75) is 13.8 Å². The van der Waals surface area contributed by atoms with Gasteiger partial charge in [0.05, 0.1) is 12.0 Å². The number of nitrogens with one attached hydrogen (secondary N) is 2. The van der Waals surface area contributed by atoms with Gasteiger partial charge in [-0.25, -0.2) is 5.84 Å². The number of hydrogen-bond donors (Lipinski definition) is 4. The maximum atomic E-state index is 11.3. The van der Waals surface area contributed by atoms with Crippen LogP contribution in [-0.2, 0) is 4.79 Å². The minimum Gasteiger partial charge on any atom is -0.369 e. The number of aliphatic imine (C=N–C) groups is 1. The summed E-state index contributed by atoms with van der Waals surface area (Å²) < 4.78 is 0. The van der Waals surface area contributed by atoms with E-state index in [1.54, 1.807) is 20.9 Å². The molecular weight excluding hydrogens is 170 g/mol. The molecule has 6 heteroatoms. The van der Waals surface area contributed by atoms with Gasteiger partial charge in [-0.15, -0.1) is 0 Å². The Bertz CT molecular complexity index is 211. The van der Waals surface area contributed by atoms with Crippen molar-refractivity contribution in [3.63, 3.8) is 0 Å². The summed E-state index contributed by atoms with van der Waals surface area (Å²) in [7, 11) is 1.58. The lowest BCUT2D eigenvalue weighted by Gasteiger charge is -2.19. The molecule has 0 aliphatic carbocycles. The Labute approximate surface area is 77.7 Å². The van der Waals surface area contributed by atoms with Crippen molar-refractivity contribution in [2.24, 2.45) is 22.0 Å². The van der Waals surface area contributed by atoms with E-state index >= 15 is 0 Å². The fourth-order valence-electron chi connectivity index (χ4n) is 0.739. The molecule has 0 aromatic heterocycles. The van der Waals surface area contributed by atoms with E-state index < -0.39 is 5.41 Å². The molecule has 76 valence electrons. The molecule has 0 spiro atoms. The molecule has 0 bridgehead atoms. The van der Waals surface area contributed by atoms with Crippen molar-refractivity contribution in [1.82, 2.24) is 10.7 Å². The van der Waals surface area contributed by atoms with Gasteiger partial charge in [-0.05, 0) is 13.8 Å². The van der Waals surface area contributed by atoms with Crippen molar-refractivity contribution >= 4 is 11.9 Å². The average molecular weight is 187 g/mol. The van der Waals surface area contributed by atoms with Gasteiger partial charge in [0.2, 0.25) is 11.9 Å². The molecular formula is C7H17N5O. The number of carbonyl (C=O) groups is 1. The highest BCUT2D eigenvalue weighted by atomic mass is 16.2. The van der Waals surface area contributed by atoms with Crippen LogP contribution in [-0.4, -0.2) is 25.5 Å². The van der Waals surface area contributed by atoms with Crippen LogP contribution in [0.3, 0.4) is 0 Å². The van der Waals surface area contributed by atoms with Crippen molar-refractivity contribution in [2.75, 3.05) is 13.6 Å². The number of rotatable bonds is 3. The van der Waals surface area contributed by atoms with Crippen LogP contribution in [0.1, 0.15) is 13.8 Å². The Hall–Kier alpha value is -1.30. The van der Waals surface area contributed by atoms with Gasteiger partial charge in [0.15, 0.2) is 0 Å². The van der Waals surface area contributed by atoms with Crippen molar-refractivity contribution in [3.8, 4) is 0 Å². The third-order valence-electron chi connectivity index (χ3n) is 1.63. The summed E-state index contributed by atoms with van der Waals surface area (Å²) >= 11 is 0. The fourth-order valence-corrected chi connectivity index (χ4v) is 0.739. The van der Waals surface area contributed by atoms with Gasteiger partial charge in [-0.2, -0.15) is 0 Å². The summed E-state index contributed by atoms with van der Waals surface area (Å²) in [5.74, 6) is 5.04. The van der Waals surface area contributed by atoms with E-state index in [2.05, 4.69) is 15.7 Å². The Kier molecular flexibility index (Phi) is 4.19. The molecule has 0 saturated carbocycles. The predicted molar refractivity (Wildman–Crippen MR) is 51.7 cm³/mol. The minimum atomic E-state index is -0.573. The van der Waals surface area contributed by atoms with Crippen LogP contribution >= 0.6 is 0 Å². The van der Waals surface area contributed by atoms with Gasteiger partial charge < -0.3 is 11.1 Å². The topological polar surface area (TPSA) is 106 Å². The highest BCUT2D eigenvalue weighted by Crippen LogP contribution is 2.14. The molecule has 6 N–H and O–H groups in total. The average Bonchev–Trinajstić information content (AvgIpc) is 2.12. The van der Waals surface area contributed by atoms with E-state index in [-0.39, 0.29) is 11.9 Å². The maximum Gasteiger partial charge on any atom is 0.227 e. The second-order valence-corrected chi connectivity index (χ2v) is 3.31. The standard InChI is InChI=1S/C7H17N5O/c1-7(2,5(13)10-3)4-11-6(8)12-9/h4,9H2,1-3H3,(H,10,13)(H3,8,11,12). The molecule has 1 amide bonds. The second-order valence-electron chi connectivity index (χ2n) is 3.31. The van der Waals surface area contributed by atoms with E-state index in [0.29, 0.717) is 6.54 Å². The van der Waals surface area contributed by atoms with Crippen molar-refractivity contribution in [1.29, 1.82) is 0 Å². The number of carbonyl (C=O) groups excluding carboxylic acids is 1. The van der Waals surface area contributed by atoms with Crippen LogP contribution in [0.15, 0.2) is 4.99 Å². The van der Waals surface area contributed by atoms with Crippen LogP contribution in [0.2, 0.25) is 0 Å². The molecule has 0 saturated heterocycles. The monoisotopic (exact) mass is 187 g/mol. The van der Waals surface area contributed by atoms with E-state index in [4.69, 9.17) is 11.6 Å². The quantitative estimate of drug-likeness (QED) is 0.187. The molecule has 0 atom stereocenters. The number of guanidine groups is 1. The lowest BCUT2D eigenvalue weighted by Crippen LogP contribution is -2.40. The summed E-state index contributed by atoms with van der Waals surface area (Å²) in [6.45, 7) is 3.85. The van der Waals surface area contributed by atoms with Crippen molar-refractivity contribution in [3.05, 3.63) is 0 Å². The van der Waals surface area contributed by atoms with Gasteiger partial charge in [0.25, 0.3) is 0 Å². The van der Waals surface area contributed by atoms with Gasteiger partial charge in [-0.1, -0.05) is 0 Å². The SMILES string of the molecule is CNC(=O)C(C)(C)CN=C(N)NN. The smallest absolute Gasteiger partial charge is 0.227 e. The Morgan fingerprint density at radius 1 is 1.54 bits per heavy atom. The first-order valence-electron chi connectivity index (χ1n) is 3.92. The zero-order chi connectivity index (χ0) is 10.5. The molecule has 13 heavy (non-hydrogen) atoms. The van der Waals surface area contributed by atoms with Crippen molar-refractivity contribution < 1.29 is 4.79 Å². The molecule has 0 unspecified atom stereocenters. The van der Waals surface area contributed by atoms with Crippen LogP contribution in [0.25, 0.3) is 0 Å². The Morgan fingerprint density at radius 3 is 2.46 bits per heavy atom. The predicted octanol–water partition coefficient (Wildman–Crippen LogP) is -1.46. The van der Waals surface area contributed by atoms with Gasteiger partial charge >= 0.3 is 0 Å². The summed E-state index contributed by atoms with van der Waals surface area (Å²) in [6.07, 6.45) is 0. The van der Waals surface area contributed by atoms with E-state index in [0.717, 1.165) is 0 Å². The van der Waals surface area contributed by atoms with E-state index in [9.17, 15) is 4.79 Å². The number of amides is 1. The first-order chi connectivity index (χ1) is 5.94. The molecule has 0 aliphatic heterocycles. The molecule has 0 aromatic carbocycles. The lowest BCUT2D eigenvalue weighted by atomic mass is 9.93. The third-order valence-corrected chi connectivity index (χ3v) is 1.63. The molecule has 0 aromatic rings. The van der Waals surface area contributed by atoms with Gasteiger partial charge in [0, 0.05) is 7.05 Å². The maximum absolute atomic E-state index is 11.3. The van der Waals surface area contributed by atoms with Crippen LogP contribution in [0.5, 0.6) is 0 Å². The van der Waals surface area contributed by atoms with Gasteiger partial charge in [0.1, 0.15) is 0 Å². The van der Waals surface area contributed by atoms with Crippen LogP contribution in [0.4, 0.5) is 0 Å². The molecule has 0 heterocycles. The highest BCUT2D eigenvalue weighted by molar-refractivity contribution is 5.82. The van der Waals surface area contributed by atoms with Gasteiger partial charge in [-0.3, -0.25) is 15.2 Å². The van der Waals surface area contributed by atoms with Crippen LogP contribution < -0.4 is 22.3 Å². The third kappa shape index (κ3) is 3.75. The first-order valence-corrected chi connectivity index (χ1v) is 3.92. The summed E-state index contributed by atoms with van der Waals surface area (Å²) in [4.78, 5) is 15.1. The molecule has 0 rings (SSSR count). The summed E-state index contributed by atoms with van der Waals surface area (Å²) in [6, 6.07) is 0. The zero-order valence-corrected chi connectivity index (χ0v) is 8.22. The first kappa shape index (κ1) is 11.7. The number of nitrogens with zero attached hydrogens (tertiary/aromatic N) is 1. The van der Waals surface area contributed by atoms with Crippen LogP contribution in [0, 0.1) is 5.41 Å². The Morgan fingerprint density at radius 2 is 2.08 bits per heavy atom. The summed E-state index contributed by atoms with van der Waals surface area (Å²) in [5, 5.41) is 2.55. The molecule has 6 nitrogen and oxygen atoms in total. The minimum absolute atomic E-state index is 0.0823. The number of hydrogen-bond acceptors (Lipinski definition) is 3. The molecule has 0 aliphatic rings. The second kappa shape index (κ2) is 4.66. The summed E-state index contributed by atoms with van der Waals surface area (Å²) in [5.41, 5.74) is 6.92. The number of hydrazine groups is 1. The normalized spacial score (nSPS) is 12.5. The largest absolute Gasteiger partial charge is 0.369 e. The lowest BCUT2D eigenvalue weighted by molar-refractivity contribution is -0.128. The zero-order valence-electron chi connectivity index (χ0n) is 8.22. The Balaban J connectivity index is 4.26. The molecule has 0 radical (unpaired) electrons. The number of nitrogens with two attached hydrogens (primary N) is 2. The van der Waals surface area contributed by atoms with E-state index in [1.807, 2.05) is 0 Å².